The molecule has 3 aromatic carbocycles. The second-order valence-electron chi connectivity index (χ2n) is 14.5. The Balaban J connectivity index is 1.10. The summed E-state index contributed by atoms with van der Waals surface area (Å²) in [5, 5.41) is 0. The van der Waals surface area contributed by atoms with Crippen LogP contribution in [-0.2, 0) is 18.9 Å². The maximum atomic E-state index is 13.4. The topological polar surface area (TPSA) is 63.2 Å². The van der Waals surface area contributed by atoms with E-state index in [1.807, 2.05) is 72.8 Å². The van der Waals surface area contributed by atoms with Crippen molar-refractivity contribution >= 4 is 5.97 Å². The molecule has 2 heterocycles. The average molecular weight is 697 g/mol. The molecule has 2 unspecified atom stereocenters. The Morgan fingerprint density at radius 3 is 1.80 bits per heavy atom. The van der Waals surface area contributed by atoms with E-state index < -0.39 is 12.3 Å². The quantitative estimate of drug-likeness (QED) is 0.0538. The molecular formula is C45H60O6. The van der Waals surface area contributed by atoms with Gasteiger partial charge < -0.3 is 23.7 Å². The summed E-state index contributed by atoms with van der Waals surface area (Å²) < 4.78 is 30.7. The van der Waals surface area contributed by atoms with Crippen molar-refractivity contribution in [3.63, 3.8) is 0 Å². The molecule has 2 fully saturated rings. The summed E-state index contributed by atoms with van der Waals surface area (Å²) in [6.45, 7) is 11.8. The van der Waals surface area contributed by atoms with Gasteiger partial charge in [-0.3, -0.25) is 0 Å². The van der Waals surface area contributed by atoms with E-state index in [1.165, 1.54) is 64.2 Å². The van der Waals surface area contributed by atoms with Crippen LogP contribution >= 0.6 is 0 Å². The number of hydrogen-bond donors (Lipinski definition) is 0. The molecule has 0 radical (unpaired) electrons. The minimum Gasteiger partial charge on any atom is -0.423 e. The number of carbonyl (C=O) groups excluding carboxylic acids is 1. The van der Waals surface area contributed by atoms with Crippen LogP contribution in [0.15, 0.2) is 85.5 Å². The maximum absolute atomic E-state index is 13.4. The van der Waals surface area contributed by atoms with Crippen molar-refractivity contribution in [1.29, 1.82) is 0 Å². The number of unbranched alkanes of at least 4 members (excludes halogenated alkanes) is 9. The Kier molecular flexibility index (Phi) is 15.8. The molecule has 0 bridgehead atoms. The van der Waals surface area contributed by atoms with Crippen LogP contribution in [0.5, 0.6) is 5.75 Å². The van der Waals surface area contributed by atoms with Crippen molar-refractivity contribution in [3.8, 4) is 16.9 Å². The number of ether oxygens (including phenoxy) is 5. The van der Waals surface area contributed by atoms with E-state index in [-0.39, 0.29) is 18.5 Å². The third-order valence-corrected chi connectivity index (χ3v) is 10.6. The molecule has 2 aliphatic heterocycles. The fourth-order valence-electron chi connectivity index (χ4n) is 7.19. The highest BCUT2D eigenvalue weighted by Crippen LogP contribution is 2.35. The molecule has 3 aromatic rings. The van der Waals surface area contributed by atoms with Gasteiger partial charge in [-0.1, -0.05) is 125 Å². The highest BCUT2D eigenvalue weighted by Gasteiger charge is 2.31. The predicted molar refractivity (Wildman–Crippen MR) is 205 cm³/mol. The fraction of sp³-hybridized carbons (Fsp3) is 0.533. The summed E-state index contributed by atoms with van der Waals surface area (Å²) >= 11 is 0. The molecule has 0 aromatic heterocycles. The molecule has 0 saturated carbocycles. The lowest BCUT2D eigenvalue weighted by atomic mass is 9.95. The molecule has 2 saturated heterocycles. The van der Waals surface area contributed by atoms with Gasteiger partial charge in [0.25, 0.3) is 0 Å². The first-order chi connectivity index (χ1) is 25.0. The summed E-state index contributed by atoms with van der Waals surface area (Å²) in [4.78, 5) is 13.4. The molecule has 0 spiro atoms. The van der Waals surface area contributed by atoms with E-state index in [2.05, 4.69) is 27.4 Å². The summed E-state index contributed by atoms with van der Waals surface area (Å²) in [6, 6.07) is 23.1. The second kappa shape index (κ2) is 20.7. The van der Waals surface area contributed by atoms with Gasteiger partial charge in [0.1, 0.15) is 5.75 Å². The van der Waals surface area contributed by atoms with Crippen LogP contribution in [-0.4, -0.2) is 31.4 Å². The minimum atomic E-state index is -0.411. The first-order valence-corrected chi connectivity index (χ1v) is 19.6. The van der Waals surface area contributed by atoms with E-state index >= 15 is 0 Å². The van der Waals surface area contributed by atoms with Gasteiger partial charge >= 0.3 is 5.97 Å². The minimum absolute atomic E-state index is 0.138. The fourth-order valence-corrected chi connectivity index (χ4v) is 7.19. The molecular weight excluding hydrogens is 636 g/mol. The first-order valence-electron chi connectivity index (χ1n) is 19.6. The molecule has 6 heteroatoms. The monoisotopic (exact) mass is 696 g/mol. The zero-order chi connectivity index (χ0) is 35.8. The van der Waals surface area contributed by atoms with Gasteiger partial charge in [-0.25, -0.2) is 4.79 Å². The maximum Gasteiger partial charge on any atom is 0.344 e. The van der Waals surface area contributed by atoms with E-state index in [1.54, 1.807) is 6.07 Å². The molecule has 5 rings (SSSR count). The van der Waals surface area contributed by atoms with Gasteiger partial charge in [-0.05, 0) is 68.9 Å². The van der Waals surface area contributed by atoms with Crippen LogP contribution in [0, 0.1) is 11.8 Å². The SMILES string of the molecule is C=CCCCCCC[C@@H]1CO[C@@H](c2ccc(-c3ccccc3C(=O)Oc3ccc([C@@H]4OC[C@@H](CCCCCCCC)C(C)O4)cc3)cc2)OC1C. The molecule has 2 aliphatic rings. The largest absolute Gasteiger partial charge is 0.423 e. The van der Waals surface area contributed by atoms with Crippen LogP contribution < -0.4 is 4.74 Å². The smallest absolute Gasteiger partial charge is 0.344 e. The van der Waals surface area contributed by atoms with Crippen molar-refractivity contribution in [2.24, 2.45) is 11.8 Å². The average Bonchev–Trinajstić information content (AvgIpc) is 3.16. The molecule has 6 atom stereocenters. The Morgan fingerprint density at radius 2 is 1.24 bits per heavy atom. The zero-order valence-corrected chi connectivity index (χ0v) is 31.2. The third-order valence-electron chi connectivity index (χ3n) is 10.6. The summed E-state index contributed by atoms with van der Waals surface area (Å²) in [5.41, 5.74) is 4.14. The third kappa shape index (κ3) is 11.6. The lowest BCUT2D eigenvalue weighted by Gasteiger charge is -2.35. The second-order valence-corrected chi connectivity index (χ2v) is 14.5. The van der Waals surface area contributed by atoms with Gasteiger partial charge in [-0.15, -0.1) is 6.58 Å². The van der Waals surface area contributed by atoms with Crippen molar-refractivity contribution in [2.45, 2.75) is 129 Å². The normalized spacial score (nSPS) is 23.5. The highest BCUT2D eigenvalue weighted by molar-refractivity contribution is 5.98. The van der Waals surface area contributed by atoms with Crippen LogP contribution in [0.3, 0.4) is 0 Å². The van der Waals surface area contributed by atoms with Crippen LogP contribution in [0.1, 0.15) is 138 Å². The lowest BCUT2D eigenvalue weighted by molar-refractivity contribution is -0.237. The predicted octanol–water partition coefficient (Wildman–Crippen LogP) is 12.0. The molecule has 0 amide bonds. The van der Waals surface area contributed by atoms with Crippen LogP contribution in [0.4, 0.5) is 0 Å². The molecule has 51 heavy (non-hydrogen) atoms. The van der Waals surface area contributed by atoms with Crippen molar-refractivity contribution in [2.75, 3.05) is 13.2 Å². The standard InChI is InChI=1S/C45H60O6/c1-5-7-9-11-13-15-19-38-31-47-44(49-33(38)3)36-25-23-35(24-26-36)41-21-17-18-22-42(41)43(46)51-40-29-27-37(28-30-40)45-48-32-39(34(4)50-45)20-16-14-12-10-8-6-2/h5,17-18,21-30,33-34,38-39,44-45H,1,6-16,19-20,31-32H2,2-4H3/t33?,34?,38-,39-,44-,45-/m1/s1. The molecule has 0 aliphatic carbocycles. The van der Waals surface area contributed by atoms with Gasteiger partial charge in [0.2, 0.25) is 0 Å². The van der Waals surface area contributed by atoms with Gasteiger partial charge in [0.05, 0.1) is 31.0 Å². The van der Waals surface area contributed by atoms with E-state index in [9.17, 15) is 4.79 Å². The van der Waals surface area contributed by atoms with Crippen LogP contribution in [0.2, 0.25) is 0 Å². The zero-order valence-electron chi connectivity index (χ0n) is 31.2. The van der Waals surface area contributed by atoms with Crippen LogP contribution in [0.25, 0.3) is 11.1 Å². The molecule has 6 nitrogen and oxygen atoms in total. The number of esters is 1. The molecule has 0 N–H and O–H groups in total. The van der Waals surface area contributed by atoms with Gasteiger partial charge in [-0.2, -0.15) is 0 Å². The number of allylic oxidation sites excluding steroid dienone is 1. The molecule has 276 valence electrons. The van der Waals surface area contributed by atoms with Crippen molar-refractivity contribution < 1.29 is 28.5 Å². The first kappa shape index (κ1) is 38.9. The Morgan fingerprint density at radius 1 is 0.706 bits per heavy atom. The van der Waals surface area contributed by atoms with Gasteiger partial charge in [0.15, 0.2) is 12.6 Å². The van der Waals surface area contributed by atoms with Crippen molar-refractivity contribution in [1.82, 2.24) is 0 Å². The highest BCUT2D eigenvalue weighted by atomic mass is 16.7. The Labute approximate surface area is 306 Å². The number of rotatable bonds is 19. The summed E-state index contributed by atoms with van der Waals surface area (Å²) in [7, 11) is 0. The lowest BCUT2D eigenvalue weighted by Crippen LogP contribution is -2.34. The van der Waals surface area contributed by atoms with Gasteiger partial charge in [0, 0.05) is 23.0 Å². The number of benzene rings is 3. The number of hydrogen-bond acceptors (Lipinski definition) is 6. The van der Waals surface area contributed by atoms with E-state index in [0.717, 1.165) is 41.5 Å². The Bertz CT molecular complexity index is 1470. The Hall–Kier alpha value is -3.29. The summed E-state index contributed by atoms with van der Waals surface area (Å²) in [5.74, 6) is 0.911. The summed E-state index contributed by atoms with van der Waals surface area (Å²) in [6.07, 6.45) is 17.5. The van der Waals surface area contributed by atoms with Crippen molar-refractivity contribution in [3.05, 3.63) is 102 Å². The number of carbonyl (C=O) groups is 1. The van der Waals surface area contributed by atoms with E-state index in [0.29, 0.717) is 36.4 Å². The van der Waals surface area contributed by atoms with E-state index in [4.69, 9.17) is 23.7 Å².